The smallest absolute Gasteiger partial charge is 0.329 e. The highest BCUT2D eigenvalue weighted by molar-refractivity contribution is 6.15. The summed E-state index contributed by atoms with van der Waals surface area (Å²) < 4.78 is 28.8. The molecule has 4 rings (SSSR count). The van der Waals surface area contributed by atoms with Crippen molar-refractivity contribution in [2.45, 2.75) is 23.9 Å². The number of carbonyl (C=O) groups excluding carboxylic acids is 3. The van der Waals surface area contributed by atoms with Crippen molar-refractivity contribution in [2.75, 3.05) is 20.8 Å². The predicted molar refractivity (Wildman–Crippen MR) is 102 cm³/mol. The van der Waals surface area contributed by atoms with E-state index in [1.54, 1.807) is 24.3 Å². The Hall–Kier alpha value is -3.42. The molecule has 0 radical (unpaired) electrons. The topological polar surface area (TPSA) is 82.1 Å². The molecule has 3 atom stereocenters. The minimum atomic E-state index is -1.74. The second kappa shape index (κ2) is 7.44. The zero-order valence-corrected chi connectivity index (χ0v) is 16.5. The number of esters is 2. The maximum absolute atomic E-state index is 13.6. The first kappa shape index (κ1) is 19.9. The van der Waals surface area contributed by atoms with Crippen LogP contribution in [0.4, 0.5) is 4.39 Å². The average Bonchev–Trinajstić information content (AvgIpc) is 3.18. The van der Waals surface area contributed by atoms with E-state index in [9.17, 15) is 18.8 Å². The number of amides is 1. The van der Waals surface area contributed by atoms with Crippen LogP contribution in [0.15, 0.2) is 48.5 Å². The van der Waals surface area contributed by atoms with Gasteiger partial charge in [-0.15, -0.1) is 0 Å². The maximum Gasteiger partial charge on any atom is 0.329 e. The first-order chi connectivity index (χ1) is 14.4. The summed E-state index contributed by atoms with van der Waals surface area (Å²) in [5, 5.41) is 0. The van der Waals surface area contributed by atoms with Gasteiger partial charge in [-0.1, -0.05) is 24.3 Å². The van der Waals surface area contributed by atoms with Crippen LogP contribution in [0.3, 0.4) is 0 Å². The van der Waals surface area contributed by atoms with Gasteiger partial charge >= 0.3 is 11.9 Å². The normalized spacial score (nSPS) is 25.5. The Morgan fingerprint density at radius 2 is 1.77 bits per heavy atom. The van der Waals surface area contributed by atoms with Gasteiger partial charge in [-0.25, -0.2) is 9.18 Å². The minimum absolute atomic E-state index is 0.199. The number of hydrogen-bond acceptors (Lipinski definition) is 6. The van der Waals surface area contributed by atoms with E-state index >= 15 is 0 Å². The van der Waals surface area contributed by atoms with Crippen LogP contribution in [0, 0.1) is 5.82 Å². The molecule has 8 heteroatoms. The molecule has 2 aliphatic rings. The number of methoxy groups -OCH3 is 2. The summed E-state index contributed by atoms with van der Waals surface area (Å²) in [5.41, 5.74) is -0.825. The van der Waals surface area contributed by atoms with E-state index in [0.29, 0.717) is 23.3 Å². The third-order valence-corrected chi connectivity index (χ3v) is 5.74. The fourth-order valence-corrected chi connectivity index (χ4v) is 4.31. The maximum atomic E-state index is 13.6. The number of nitrogens with zero attached hydrogens (tertiary/aromatic N) is 1. The SMILES string of the molecule is COC(=O)[C@]1(c2ccc(F)cc2)C(=O)N(C2CCOC2=O)[C@@H]1c1ccc(OC)cc1. The van der Waals surface area contributed by atoms with Crippen molar-refractivity contribution in [1.82, 2.24) is 4.90 Å². The molecule has 2 aromatic rings. The van der Waals surface area contributed by atoms with E-state index in [-0.39, 0.29) is 6.61 Å². The summed E-state index contributed by atoms with van der Waals surface area (Å²) >= 11 is 0. The number of cyclic esters (lactones) is 1. The number of β-lactam (4-membered cyclic amide) rings is 1. The van der Waals surface area contributed by atoms with Crippen LogP contribution in [0.25, 0.3) is 0 Å². The lowest BCUT2D eigenvalue weighted by Crippen LogP contribution is -2.72. The summed E-state index contributed by atoms with van der Waals surface area (Å²) in [4.78, 5) is 40.2. The lowest BCUT2D eigenvalue weighted by molar-refractivity contribution is -0.184. The summed E-state index contributed by atoms with van der Waals surface area (Å²) in [7, 11) is 2.72. The number of halogens is 1. The van der Waals surface area contributed by atoms with Crippen molar-refractivity contribution in [1.29, 1.82) is 0 Å². The molecule has 2 aliphatic heterocycles. The molecule has 0 N–H and O–H groups in total. The molecule has 30 heavy (non-hydrogen) atoms. The van der Waals surface area contributed by atoms with Gasteiger partial charge in [0.1, 0.15) is 17.6 Å². The van der Waals surface area contributed by atoms with Crippen molar-refractivity contribution >= 4 is 17.8 Å². The monoisotopic (exact) mass is 413 g/mol. The molecule has 2 heterocycles. The third kappa shape index (κ3) is 2.74. The van der Waals surface area contributed by atoms with E-state index in [1.807, 2.05) is 0 Å². The molecule has 0 aliphatic carbocycles. The Labute approximate surface area is 172 Å². The molecule has 1 unspecified atom stereocenters. The van der Waals surface area contributed by atoms with Gasteiger partial charge in [-0.3, -0.25) is 9.59 Å². The molecule has 156 valence electrons. The van der Waals surface area contributed by atoms with E-state index in [4.69, 9.17) is 14.2 Å². The molecular formula is C22H20FNO6. The molecule has 1 amide bonds. The molecule has 0 saturated carbocycles. The quantitative estimate of drug-likeness (QED) is 0.424. The Bertz CT molecular complexity index is 990. The molecule has 0 aromatic heterocycles. The molecule has 2 aromatic carbocycles. The fraction of sp³-hybridized carbons (Fsp3) is 0.318. The van der Waals surface area contributed by atoms with Crippen molar-refractivity contribution in [3.63, 3.8) is 0 Å². The van der Waals surface area contributed by atoms with Gasteiger partial charge in [0, 0.05) is 6.42 Å². The third-order valence-electron chi connectivity index (χ3n) is 5.74. The number of rotatable bonds is 5. The second-order valence-corrected chi connectivity index (χ2v) is 7.17. The summed E-state index contributed by atoms with van der Waals surface area (Å²) in [5.74, 6) is -1.77. The van der Waals surface area contributed by atoms with Crippen LogP contribution in [0.5, 0.6) is 5.75 Å². The van der Waals surface area contributed by atoms with E-state index in [0.717, 1.165) is 0 Å². The van der Waals surface area contributed by atoms with Crippen LogP contribution < -0.4 is 4.74 Å². The minimum Gasteiger partial charge on any atom is -0.497 e. The summed E-state index contributed by atoms with van der Waals surface area (Å²) in [6.45, 7) is 0.199. The summed E-state index contributed by atoms with van der Waals surface area (Å²) in [6, 6.07) is 10.4. The van der Waals surface area contributed by atoms with Gasteiger partial charge in [0.05, 0.1) is 26.9 Å². The summed E-state index contributed by atoms with van der Waals surface area (Å²) in [6.07, 6.45) is 0.331. The molecule has 7 nitrogen and oxygen atoms in total. The van der Waals surface area contributed by atoms with Crippen LogP contribution in [0.1, 0.15) is 23.6 Å². The van der Waals surface area contributed by atoms with Gasteiger partial charge in [0.2, 0.25) is 5.91 Å². The van der Waals surface area contributed by atoms with Crippen molar-refractivity contribution in [3.05, 3.63) is 65.5 Å². The van der Waals surface area contributed by atoms with Gasteiger partial charge in [-0.2, -0.15) is 0 Å². The van der Waals surface area contributed by atoms with Crippen LogP contribution in [-0.4, -0.2) is 49.6 Å². The average molecular weight is 413 g/mol. The predicted octanol–water partition coefficient (Wildman–Crippen LogP) is 2.14. The molecule has 0 spiro atoms. The van der Waals surface area contributed by atoms with E-state index in [2.05, 4.69) is 0 Å². The molecular weight excluding hydrogens is 393 g/mol. The number of ether oxygens (including phenoxy) is 3. The standard InChI is InChI=1S/C22H20FNO6/c1-28-16-9-3-13(4-10-16)18-22(21(27)29-2,14-5-7-15(23)8-6-14)20(26)24(18)17-11-12-30-19(17)25/h3-10,17-18H,11-12H2,1-2H3/t17?,18-,22+/m1/s1. The Kier molecular flexibility index (Phi) is 4.93. The van der Waals surface area contributed by atoms with Crippen molar-refractivity contribution in [3.8, 4) is 5.75 Å². The number of carbonyl (C=O) groups is 3. The van der Waals surface area contributed by atoms with Gasteiger partial charge < -0.3 is 19.1 Å². The highest BCUT2D eigenvalue weighted by atomic mass is 19.1. The number of hydrogen-bond donors (Lipinski definition) is 0. The highest BCUT2D eigenvalue weighted by Crippen LogP contribution is 2.54. The molecule has 0 bridgehead atoms. The lowest BCUT2D eigenvalue weighted by atomic mass is 9.62. The largest absolute Gasteiger partial charge is 0.497 e. The Balaban J connectivity index is 1.89. The first-order valence-electron chi connectivity index (χ1n) is 9.43. The van der Waals surface area contributed by atoms with Crippen LogP contribution >= 0.6 is 0 Å². The Morgan fingerprint density at radius 3 is 2.30 bits per heavy atom. The lowest BCUT2D eigenvalue weighted by Gasteiger charge is -2.55. The number of likely N-dealkylation sites (tertiary alicyclic amines) is 1. The van der Waals surface area contributed by atoms with Crippen molar-refractivity contribution in [2.24, 2.45) is 0 Å². The Morgan fingerprint density at radius 1 is 1.10 bits per heavy atom. The first-order valence-corrected chi connectivity index (χ1v) is 9.43. The van der Waals surface area contributed by atoms with E-state index in [1.165, 1.54) is 43.4 Å². The fourth-order valence-electron chi connectivity index (χ4n) is 4.31. The van der Waals surface area contributed by atoms with E-state index < -0.39 is 41.2 Å². The van der Waals surface area contributed by atoms with Crippen LogP contribution in [0.2, 0.25) is 0 Å². The van der Waals surface area contributed by atoms with Crippen molar-refractivity contribution < 1.29 is 33.0 Å². The second-order valence-electron chi connectivity index (χ2n) is 7.17. The number of benzene rings is 2. The zero-order valence-electron chi connectivity index (χ0n) is 16.5. The zero-order chi connectivity index (χ0) is 21.5. The van der Waals surface area contributed by atoms with Crippen LogP contribution in [-0.2, 0) is 29.3 Å². The molecule has 2 fully saturated rings. The highest BCUT2D eigenvalue weighted by Gasteiger charge is 2.70. The molecule has 2 saturated heterocycles. The van der Waals surface area contributed by atoms with Gasteiger partial charge in [0.15, 0.2) is 5.41 Å². The van der Waals surface area contributed by atoms with Gasteiger partial charge in [0.25, 0.3) is 0 Å². The van der Waals surface area contributed by atoms with Gasteiger partial charge in [-0.05, 0) is 35.4 Å².